The molecule has 0 rings (SSSR count). The Morgan fingerprint density at radius 3 is 2.33 bits per heavy atom. The molecule has 0 aromatic heterocycles. The van der Waals surface area contributed by atoms with Crippen LogP contribution in [0.4, 0.5) is 13.2 Å². The molecule has 0 aliphatic rings. The van der Waals surface area contributed by atoms with Gasteiger partial charge in [-0.25, -0.2) is 0 Å². The molecule has 0 radical (unpaired) electrons. The van der Waals surface area contributed by atoms with E-state index in [1.807, 2.05) is 0 Å². The van der Waals surface area contributed by atoms with Gasteiger partial charge in [-0.2, -0.15) is 13.2 Å². The monoisotopic (exact) mass is 201 g/mol. The molecule has 0 saturated heterocycles. The highest BCUT2D eigenvalue weighted by molar-refractivity contribution is 6.18. The molecule has 72 valence electrons. The number of nitrogens with zero attached hydrogens (tertiary/aromatic N) is 1. The highest BCUT2D eigenvalue weighted by Gasteiger charge is 2.29. The Hall–Kier alpha value is -0.220. The van der Waals surface area contributed by atoms with Gasteiger partial charge in [-0.05, 0) is 0 Å². The number of rotatable bonds is 5. The fraction of sp³-hybridized carbons (Fsp3) is 0.714. The topological polar surface area (TPSA) is 3.24 Å². The highest BCUT2D eigenvalue weighted by Crippen LogP contribution is 2.16. The van der Waals surface area contributed by atoms with Gasteiger partial charge in [0.2, 0.25) is 0 Å². The summed E-state index contributed by atoms with van der Waals surface area (Å²) in [5, 5.41) is 0. The van der Waals surface area contributed by atoms with Crippen LogP contribution >= 0.6 is 11.6 Å². The molecule has 0 aromatic rings. The van der Waals surface area contributed by atoms with Crippen LogP contribution in [-0.2, 0) is 0 Å². The number of alkyl halides is 4. The summed E-state index contributed by atoms with van der Waals surface area (Å²) in [6.07, 6.45) is -2.73. The maximum atomic E-state index is 11.8. The Morgan fingerprint density at radius 1 is 1.42 bits per heavy atom. The zero-order chi connectivity index (χ0) is 9.61. The number of halogens is 4. The van der Waals surface area contributed by atoms with Crippen LogP contribution in [0.25, 0.3) is 0 Å². The maximum absolute atomic E-state index is 11.8. The molecule has 0 unspecified atom stereocenters. The van der Waals surface area contributed by atoms with Crippen molar-refractivity contribution < 1.29 is 13.2 Å². The predicted octanol–water partition coefficient (Wildman–Crippen LogP) is 2.28. The molecule has 12 heavy (non-hydrogen) atoms. The minimum absolute atomic E-state index is 0.198. The third-order valence-electron chi connectivity index (χ3n) is 1.19. The number of hydrogen-bond donors (Lipinski definition) is 0. The molecule has 0 atom stereocenters. The van der Waals surface area contributed by atoms with Crippen LogP contribution in [0.3, 0.4) is 0 Å². The lowest BCUT2D eigenvalue weighted by atomic mass is 10.4. The minimum atomic E-state index is -4.16. The van der Waals surface area contributed by atoms with E-state index in [2.05, 4.69) is 6.58 Å². The van der Waals surface area contributed by atoms with Gasteiger partial charge in [0, 0.05) is 19.0 Å². The summed E-state index contributed by atoms with van der Waals surface area (Å²) in [7, 11) is 0. The Kier molecular flexibility index (Phi) is 5.33. The zero-order valence-corrected chi connectivity index (χ0v) is 7.33. The lowest BCUT2D eigenvalue weighted by Crippen LogP contribution is -2.35. The van der Waals surface area contributed by atoms with E-state index in [0.29, 0.717) is 0 Å². The van der Waals surface area contributed by atoms with Crippen molar-refractivity contribution in [1.29, 1.82) is 0 Å². The average molecular weight is 202 g/mol. The van der Waals surface area contributed by atoms with Crippen molar-refractivity contribution in [3.63, 3.8) is 0 Å². The second-order valence-corrected chi connectivity index (χ2v) is 2.71. The van der Waals surface area contributed by atoms with E-state index in [-0.39, 0.29) is 19.0 Å². The third kappa shape index (κ3) is 6.49. The van der Waals surface area contributed by atoms with E-state index < -0.39 is 12.7 Å². The van der Waals surface area contributed by atoms with Gasteiger partial charge in [0.15, 0.2) is 0 Å². The van der Waals surface area contributed by atoms with Crippen molar-refractivity contribution in [3.8, 4) is 0 Å². The maximum Gasteiger partial charge on any atom is 0.401 e. The van der Waals surface area contributed by atoms with Gasteiger partial charge in [0.05, 0.1) is 6.54 Å². The first-order valence-corrected chi connectivity index (χ1v) is 3.99. The molecule has 0 bridgehead atoms. The fourth-order valence-electron chi connectivity index (χ4n) is 0.791. The molecular weight excluding hydrogens is 191 g/mol. The highest BCUT2D eigenvalue weighted by atomic mass is 35.5. The lowest BCUT2D eigenvalue weighted by molar-refractivity contribution is -0.144. The molecule has 0 aliphatic heterocycles. The molecule has 0 N–H and O–H groups in total. The summed E-state index contributed by atoms with van der Waals surface area (Å²) >= 11 is 5.32. The van der Waals surface area contributed by atoms with Crippen molar-refractivity contribution >= 4 is 11.6 Å². The zero-order valence-electron chi connectivity index (χ0n) is 6.57. The Balaban J connectivity index is 3.85. The summed E-state index contributed by atoms with van der Waals surface area (Å²) in [6, 6.07) is 0. The summed E-state index contributed by atoms with van der Waals surface area (Å²) in [4.78, 5) is 1.19. The van der Waals surface area contributed by atoms with Crippen LogP contribution in [0.15, 0.2) is 12.7 Å². The van der Waals surface area contributed by atoms with Crippen LogP contribution in [0.2, 0.25) is 0 Å². The first-order valence-electron chi connectivity index (χ1n) is 3.45. The molecule has 0 fully saturated rings. The van der Waals surface area contributed by atoms with Crippen molar-refractivity contribution in [1.82, 2.24) is 4.90 Å². The molecule has 5 heteroatoms. The second-order valence-electron chi connectivity index (χ2n) is 2.33. The Bertz CT molecular complexity index is 135. The van der Waals surface area contributed by atoms with E-state index in [4.69, 9.17) is 11.6 Å². The normalized spacial score (nSPS) is 12.1. The lowest BCUT2D eigenvalue weighted by Gasteiger charge is -2.20. The first kappa shape index (κ1) is 11.8. The Morgan fingerprint density at radius 2 is 2.00 bits per heavy atom. The van der Waals surface area contributed by atoms with E-state index in [1.165, 1.54) is 11.0 Å². The SMILES string of the molecule is C=CCN(CCCl)CC(F)(F)F. The second kappa shape index (κ2) is 5.43. The average Bonchev–Trinajstić information content (AvgIpc) is 1.84. The van der Waals surface area contributed by atoms with E-state index in [0.717, 1.165) is 0 Å². The molecule has 1 nitrogen and oxygen atoms in total. The van der Waals surface area contributed by atoms with E-state index in [9.17, 15) is 13.2 Å². The Labute approximate surface area is 74.8 Å². The molecule has 0 spiro atoms. The first-order chi connectivity index (χ1) is 5.49. The van der Waals surface area contributed by atoms with Crippen molar-refractivity contribution in [2.24, 2.45) is 0 Å². The van der Waals surface area contributed by atoms with Gasteiger partial charge < -0.3 is 0 Å². The van der Waals surface area contributed by atoms with Crippen LogP contribution in [0, 0.1) is 0 Å². The van der Waals surface area contributed by atoms with E-state index in [1.54, 1.807) is 0 Å². The molecule has 0 aliphatic carbocycles. The summed E-state index contributed by atoms with van der Waals surface area (Å²) in [5.41, 5.74) is 0. The van der Waals surface area contributed by atoms with Crippen molar-refractivity contribution in [2.75, 3.05) is 25.5 Å². The molecule has 0 heterocycles. The minimum Gasteiger partial charge on any atom is -0.290 e. The van der Waals surface area contributed by atoms with Crippen LogP contribution in [-0.4, -0.2) is 36.6 Å². The predicted molar refractivity (Wildman–Crippen MR) is 43.4 cm³/mol. The number of hydrogen-bond acceptors (Lipinski definition) is 1. The third-order valence-corrected chi connectivity index (χ3v) is 1.36. The van der Waals surface area contributed by atoms with Gasteiger partial charge in [0.25, 0.3) is 0 Å². The van der Waals surface area contributed by atoms with Crippen LogP contribution in [0.5, 0.6) is 0 Å². The van der Waals surface area contributed by atoms with Gasteiger partial charge >= 0.3 is 6.18 Å². The van der Waals surface area contributed by atoms with Crippen molar-refractivity contribution in [3.05, 3.63) is 12.7 Å². The summed E-state index contributed by atoms with van der Waals surface area (Å²) < 4.78 is 35.5. The molecule has 0 saturated carbocycles. The van der Waals surface area contributed by atoms with Crippen LogP contribution < -0.4 is 0 Å². The van der Waals surface area contributed by atoms with E-state index >= 15 is 0 Å². The molecule has 0 amide bonds. The molecule has 0 aromatic carbocycles. The standard InChI is InChI=1S/C7H11ClF3N/c1-2-4-12(5-3-8)6-7(9,10)11/h2H,1,3-6H2. The fourth-order valence-corrected chi connectivity index (χ4v) is 1.03. The van der Waals surface area contributed by atoms with Gasteiger partial charge in [-0.15, -0.1) is 18.2 Å². The largest absolute Gasteiger partial charge is 0.401 e. The summed E-state index contributed by atoms with van der Waals surface area (Å²) in [6.45, 7) is 2.88. The van der Waals surface area contributed by atoms with Gasteiger partial charge in [0.1, 0.15) is 0 Å². The van der Waals surface area contributed by atoms with Crippen LogP contribution in [0.1, 0.15) is 0 Å². The smallest absolute Gasteiger partial charge is 0.290 e. The molecular formula is C7H11ClF3N. The summed E-state index contributed by atoms with van der Waals surface area (Å²) in [5.74, 6) is 0.198. The van der Waals surface area contributed by atoms with Gasteiger partial charge in [-0.3, -0.25) is 4.90 Å². The quantitative estimate of drug-likeness (QED) is 0.487. The van der Waals surface area contributed by atoms with Gasteiger partial charge in [-0.1, -0.05) is 6.08 Å². The van der Waals surface area contributed by atoms with Crippen molar-refractivity contribution in [2.45, 2.75) is 6.18 Å².